The Morgan fingerprint density at radius 1 is 1.33 bits per heavy atom. The van der Waals surface area contributed by atoms with Crippen LogP contribution in [0.15, 0.2) is 34.1 Å². The second kappa shape index (κ2) is 11.4. The van der Waals surface area contributed by atoms with Gasteiger partial charge in [-0.1, -0.05) is 30.0 Å². The summed E-state index contributed by atoms with van der Waals surface area (Å²) in [4.78, 5) is 43.1. The highest BCUT2D eigenvalue weighted by Gasteiger charge is 2.32. The minimum absolute atomic E-state index is 0.0549. The number of carbonyl (C=O) groups is 2. The minimum Gasteiger partial charge on any atom is -0.481 e. The van der Waals surface area contributed by atoms with E-state index in [2.05, 4.69) is 10.3 Å². The van der Waals surface area contributed by atoms with Crippen LogP contribution in [0.4, 0.5) is 5.82 Å². The summed E-state index contributed by atoms with van der Waals surface area (Å²) >= 11 is 6.40. The van der Waals surface area contributed by atoms with Crippen molar-refractivity contribution in [3.63, 3.8) is 0 Å². The first kappa shape index (κ1) is 24.9. The van der Waals surface area contributed by atoms with Crippen LogP contribution in [0.2, 0.25) is 0 Å². The number of pyridine rings is 1. The Bertz CT molecular complexity index is 1150. The van der Waals surface area contributed by atoms with Crippen LogP contribution in [-0.4, -0.2) is 61.4 Å². The van der Waals surface area contributed by atoms with Crippen molar-refractivity contribution in [2.45, 2.75) is 39.2 Å². The summed E-state index contributed by atoms with van der Waals surface area (Å²) in [5, 5.41) is 12.0. The molecule has 1 aliphatic heterocycles. The van der Waals surface area contributed by atoms with Gasteiger partial charge in [-0.25, -0.2) is 4.98 Å². The summed E-state index contributed by atoms with van der Waals surface area (Å²) in [6.45, 7) is 5.26. The van der Waals surface area contributed by atoms with Crippen molar-refractivity contribution < 1.29 is 19.4 Å². The Morgan fingerprint density at radius 2 is 2.12 bits per heavy atom. The highest BCUT2D eigenvalue weighted by molar-refractivity contribution is 8.26. The van der Waals surface area contributed by atoms with Crippen LogP contribution in [0, 0.1) is 0 Å². The largest absolute Gasteiger partial charge is 0.481 e. The molecule has 0 atom stereocenters. The fraction of sp³-hybridized carbons (Fsp3) is 0.409. The average molecular weight is 491 g/mol. The van der Waals surface area contributed by atoms with Gasteiger partial charge in [0.25, 0.3) is 11.5 Å². The number of fused-ring (bicyclic) bond motifs is 1. The number of hydrogen-bond acceptors (Lipinski definition) is 8. The molecule has 0 saturated carbocycles. The number of aliphatic carboxylic acids is 1. The minimum atomic E-state index is -0.930. The van der Waals surface area contributed by atoms with E-state index in [0.29, 0.717) is 40.3 Å². The van der Waals surface area contributed by atoms with Crippen molar-refractivity contribution in [1.29, 1.82) is 0 Å². The van der Waals surface area contributed by atoms with Gasteiger partial charge in [0.15, 0.2) is 0 Å². The number of aromatic nitrogens is 2. The van der Waals surface area contributed by atoms with E-state index in [9.17, 15) is 14.4 Å². The predicted molar refractivity (Wildman–Crippen MR) is 132 cm³/mol. The maximum atomic E-state index is 13.2. The van der Waals surface area contributed by atoms with Gasteiger partial charge >= 0.3 is 5.97 Å². The molecule has 11 heteroatoms. The van der Waals surface area contributed by atoms with Crippen molar-refractivity contribution in [2.75, 3.05) is 25.0 Å². The van der Waals surface area contributed by atoms with Gasteiger partial charge in [0.2, 0.25) is 0 Å². The molecule has 1 fully saturated rings. The third-order valence-electron chi connectivity index (χ3n) is 4.76. The number of nitrogens with one attached hydrogen (secondary N) is 1. The maximum absolute atomic E-state index is 13.2. The van der Waals surface area contributed by atoms with Crippen LogP contribution in [0.3, 0.4) is 0 Å². The SMILES string of the molecule is CC(C)OCCCNc1nc2ccccn2c(=O)c1/C=C1\SC(=S)N(CCCC(=O)O)C1=O. The molecule has 3 rings (SSSR count). The molecule has 0 spiro atoms. The Labute approximate surface area is 200 Å². The zero-order chi connectivity index (χ0) is 24.0. The Kier molecular flexibility index (Phi) is 8.59. The summed E-state index contributed by atoms with van der Waals surface area (Å²) < 4.78 is 7.32. The monoisotopic (exact) mass is 490 g/mol. The highest BCUT2D eigenvalue weighted by Crippen LogP contribution is 2.33. The van der Waals surface area contributed by atoms with Crippen LogP contribution < -0.4 is 10.9 Å². The molecule has 2 aromatic heterocycles. The number of rotatable bonds is 11. The Hall–Kier alpha value is -2.76. The van der Waals surface area contributed by atoms with E-state index in [1.54, 1.807) is 24.4 Å². The lowest BCUT2D eigenvalue weighted by molar-refractivity contribution is -0.137. The first-order chi connectivity index (χ1) is 15.8. The predicted octanol–water partition coefficient (Wildman–Crippen LogP) is 2.99. The zero-order valence-electron chi connectivity index (χ0n) is 18.4. The quantitative estimate of drug-likeness (QED) is 0.279. The molecule has 0 aliphatic carbocycles. The average Bonchev–Trinajstić information content (AvgIpc) is 3.03. The molecule has 1 amide bonds. The first-order valence-electron chi connectivity index (χ1n) is 10.6. The van der Waals surface area contributed by atoms with Gasteiger partial charge in [0.05, 0.1) is 16.6 Å². The van der Waals surface area contributed by atoms with E-state index in [1.165, 1.54) is 15.4 Å². The van der Waals surface area contributed by atoms with Crippen molar-refractivity contribution in [3.05, 3.63) is 45.2 Å². The van der Waals surface area contributed by atoms with E-state index < -0.39 is 5.97 Å². The molecule has 0 aromatic carbocycles. The molecule has 2 aromatic rings. The molecular formula is C22H26N4O5S2. The van der Waals surface area contributed by atoms with Crippen LogP contribution >= 0.6 is 24.0 Å². The fourth-order valence-corrected chi connectivity index (χ4v) is 4.47. The van der Waals surface area contributed by atoms with E-state index in [0.717, 1.165) is 18.2 Å². The number of ether oxygens (including phenoxy) is 1. The van der Waals surface area contributed by atoms with Gasteiger partial charge in [0, 0.05) is 32.3 Å². The molecule has 1 saturated heterocycles. The summed E-state index contributed by atoms with van der Waals surface area (Å²) in [7, 11) is 0. The number of hydrogen-bond donors (Lipinski definition) is 2. The van der Waals surface area contributed by atoms with Gasteiger partial charge in [-0.05, 0) is 44.9 Å². The summed E-state index contributed by atoms with van der Waals surface area (Å²) in [6.07, 6.45) is 4.24. The number of carbonyl (C=O) groups excluding carboxylic acids is 1. The highest BCUT2D eigenvalue weighted by atomic mass is 32.2. The number of carboxylic acid groups (broad SMARTS) is 1. The standard InChI is InChI=1S/C22H26N4O5S2/c1-14(2)31-12-6-9-23-19-15(20(29)25-10-4-3-7-17(25)24-19)13-16-21(30)26(22(32)33-16)11-5-8-18(27)28/h3-4,7,10,13-14,23H,5-6,8-9,11-12H2,1-2H3,(H,27,28)/b16-13-. The molecule has 0 unspecified atom stereocenters. The molecule has 176 valence electrons. The summed E-state index contributed by atoms with van der Waals surface area (Å²) in [5.41, 5.74) is 0.439. The maximum Gasteiger partial charge on any atom is 0.303 e. The second-order valence-electron chi connectivity index (χ2n) is 7.64. The van der Waals surface area contributed by atoms with E-state index in [-0.39, 0.29) is 36.1 Å². The fourth-order valence-electron chi connectivity index (χ4n) is 3.18. The lowest BCUT2D eigenvalue weighted by atomic mass is 10.2. The summed E-state index contributed by atoms with van der Waals surface area (Å²) in [5.74, 6) is -0.892. The van der Waals surface area contributed by atoms with Crippen LogP contribution in [0.5, 0.6) is 0 Å². The normalized spacial score (nSPS) is 15.2. The number of thiocarbonyl (C=S) groups is 1. The van der Waals surface area contributed by atoms with Gasteiger partial charge < -0.3 is 15.2 Å². The van der Waals surface area contributed by atoms with E-state index >= 15 is 0 Å². The Balaban J connectivity index is 1.87. The van der Waals surface area contributed by atoms with Gasteiger partial charge in [0.1, 0.15) is 15.8 Å². The number of amides is 1. The smallest absolute Gasteiger partial charge is 0.303 e. The number of thioether (sulfide) groups is 1. The number of nitrogens with zero attached hydrogens (tertiary/aromatic N) is 3. The van der Waals surface area contributed by atoms with Crippen molar-refractivity contribution in [3.8, 4) is 0 Å². The summed E-state index contributed by atoms with van der Waals surface area (Å²) in [6, 6.07) is 5.27. The third-order valence-corrected chi connectivity index (χ3v) is 6.13. The van der Waals surface area contributed by atoms with E-state index in [1.807, 2.05) is 13.8 Å². The molecular weight excluding hydrogens is 464 g/mol. The molecule has 0 bridgehead atoms. The van der Waals surface area contributed by atoms with Crippen molar-refractivity contribution >= 4 is 57.7 Å². The van der Waals surface area contributed by atoms with Gasteiger partial charge in [-0.15, -0.1) is 0 Å². The van der Waals surface area contributed by atoms with Crippen LogP contribution in [0.25, 0.3) is 11.7 Å². The lowest BCUT2D eigenvalue weighted by Gasteiger charge is -2.13. The van der Waals surface area contributed by atoms with Crippen molar-refractivity contribution in [2.24, 2.45) is 0 Å². The first-order valence-corrected chi connectivity index (χ1v) is 11.8. The molecule has 3 heterocycles. The number of carboxylic acids is 1. The van der Waals surface area contributed by atoms with Crippen LogP contribution in [-0.2, 0) is 14.3 Å². The molecule has 0 radical (unpaired) electrons. The molecule has 33 heavy (non-hydrogen) atoms. The zero-order valence-corrected chi connectivity index (χ0v) is 20.1. The van der Waals surface area contributed by atoms with E-state index in [4.69, 9.17) is 22.1 Å². The Morgan fingerprint density at radius 3 is 2.85 bits per heavy atom. The molecule has 9 nitrogen and oxygen atoms in total. The second-order valence-corrected chi connectivity index (χ2v) is 9.31. The molecule has 2 N–H and O–H groups in total. The number of anilines is 1. The third kappa shape index (κ3) is 6.40. The van der Waals surface area contributed by atoms with Crippen LogP contribution in [0.1, 0.15) is 38.7 Å². The molecule has 1 aliphatic rings. The van der Waals surface area contributed by atoms with Crippen molar-refractivity contribution in [1.82, 2.24) is 14.3 Å². The van der Waals surface area contributed by atoms with Gasteiger partial charge in [-0.3, -0.25) is 23.7 Å². The topological polar surface area (TPSA) is 113 Å². The van der Waals surface area contributed by atoms with Gasteiger partial charge in [-0.2, -0.15) is 0 Å². The lowest BCUT2D eigenvalue weighted by Crippen LogP contribution is -2.29.